The van der Waals surface area contributed by atoms with Gasteiger partial charge in [-0.2, -0.15) is 0 Å². The molecule has 0 aliphatic carbocycles. The third-order valence-corrected chi connectivity index (χ3v) is 3.88. The Kier molecular flexibility index (Phi) is 3.73. The molecular weight excluding hydrogens is 238 g/mol. The molecule has 1 aliphatic heterocycles. The predicted molar refractivity (Wildman–Crippen MR) is 68.1 cm³/mol. The molecule has 0 spiro atoms. The zero-order valence-corrected chi connectivity index (χ0v) is 10.7. The van der Waals surface area contributed by atoms with E-state index in [1.807, 2.05) is 19.1 Å². The minimum atomic E-state index is -0.590. The van der Waals surface area contributed by atoms with Gasteiger partial charge >= 0.3 is 0 Å². The van der Waals surface area contributed by atoms with Crippen LogP contribution in [-0.2, 0) is 4.74 Å². The number of halogens is 1. The summed E-state index contributed by atoms with van der Waals surface area (Å²) in [5.41, 5.74) is 7.36. The van der Waals surface area contributed by atoms with Crippen molar-refractivity contribution in [3.05, 3.63) is 34.3 Å². The van der Waals surface area contributed by atoms with Crippen LogP contribution in [0, 0.1) is 12.3 Å². The van der Waals surface area contributed by atoms with Crippen LogP contribution in [0.2, 0.25) is 5.02 Å². The number of hydrogen-bond acceptors (Lipinski definition) is 3. The van der Waals surface area contributed by atoms with Gasteiger partial charge < -0.3 is 15.6 Å². The molecular formula is C13H18ClNO2. The average molecular weight is 256 g/mol. The highest BCUT2D eigenvalue weighted by Gasteiger charge is 2.41. The van der Waals surface area contributed by atoms with Crippen LogP contribution in [0.1, 0.15) is 23.7 Å². The van der Waals surface area contributed by atoms with Crippen LogP contribution in [-0.4, -0.2) is 24.9 Å². The van der Waals surface area contributed by atoms with Crippen molar-refractivity contribution < 1.29 is 9.84 Å². The molecule has 3 nitrogen and oxygen atoms in total. The van der Waals surface area contributed by atoms with Gasteiger partial charge in [0.05, 0.1) is 12.7 Å². The minimum absolute atomic E-state index is 0.349. The molecule has 1 fully saturated rings. The molecule has 1 aromatic carbocycles. The van der Waals surface area contributed by atoms with Gasteiger partial charge in [0.2, 0.25) is 0 Å². The van der Waals surface area contributed by atoms with Gasteiger partial charge in [-0.25, -0.2) is 0 Å². The first-order valence-corrected chi connectivity index (χ1v) is 6.19. The van der Waals surface area contributed by atoms with Gasteiger partial charge in [0.15, 0.2) is 0 Å². The van der Waals surface area contributed by atoms with Gasteiger partial charge in [-0.05, 0) is 36.6 Å². The maximum Gasteiger partial charge on any atom is 0.0883 e. The van der Waals surface area contributed by atoms with Crippen LogP contribution in [0.5, 0.6) is 0 Å². The highest BCUT2D eigenvalue weighted by atomic mass is 35.5. The second kappa shape index (κ2) is 4.94. The lowest BCUT2D eigenvalue weighted by Gasteiger charge is -2.32. The van der Waals surface area contributed by atoms with E-state index in [0.29, 0.717) is 24.8 Å². The summed E-state index contributed by atoms with van der Waals surface area (Å²) < 4.78 is 5.39. The highest BCUT2D eigenvalue weighted by molar-refractivity contribution is 6.30. The minimum Gasteiger partial charge on any atom is -0.388 e. The molecule has 3 N–H and O–H groups in total. The van der Waals surface area contributed by atoms with E-state index in [1.54, 1.807) is 6.07 Å². The van der Waals surface area contributed by atoms with E-state index in [9.17, 15) is 5.11 Å². The molecule has 2 rings (SSSR count). The molecule has 1 saturated heterocycles. The molecule has 0 bridgehead atoms. The van der Waals surface area contributed by atoms with Crippen molar-refractivity contribution in [3.63, 3.8) is 0 Å². The van der Waals surface area contributed by atoms with Crippen molar-refractivity contribution in [1.82, 2.24) is 0 Å². The highest BCUT2D eigenvalue weighted by Crippen LogP contribution is 2.41. The molecule has 1 aromatic rings. The van der Waals surface area contributed by atoms with Crippen LogP contribution in [0.25, 0.3) is 0 Å². The molecule has 0 amide bonds. The molecule has 0 saturated carbocycles. The van der Waals surface area contributed by atoms with E-state index in [0.717, 1.165) is 17.5 Å². The third-order valence-electron chi connectivity index (χ3n) is 3.65. The van der Waals surface area contributed by atoms with E-state index in [2.05, 4.69) is 0 Å². The summed E-state index contributed by atoms with van der Waals surface area (Å²) in [7, 11) is 0. The lowest BCUT2D eigenvalue weighted by Crippen LogP contribution is -2.37. The Bertz CT molecular complexity index is 402. The molecule has 17 heavy (non-hydrogen) atoms. The number of hydrogen-bond donors (Lipinski definition) is 2. The van der Waals surface area contributed by atoms with Gasteiger partial charge in [0.1, 0.15) is 0 Å². The predicted octanol–water partition coefficient (Wildman–Crippen LogP) is 2.05. The van der Waals surface area contributed by atoms with Crippen molar-refractivity contribution in [2.75, 3.05) is 19.8 Å². The van der Waals surface area contributed by atoms with Crippen molar-refractivity contribution in [1.29, 1.82) is 0 Å². The van der Waals surface area contributed by atoms with Gasteiger partial charge in [0, 0.05) is 23.6 Å². The number of benzene rings is 1. The Morgan fingerprint density at radius 2 is 2.35 bits per heavy atom. The lowest BCUT2D eigenvalue weighted by atomic mass is 9.77. The largest absolute Gasteiger partial charge is 0.388 e. The van der Waals surface area contributed by atoms with Gasteiger partial charge in [-0.3, -0.25) is 0 Å². The number of rotatable bonds is 3. The van der Waals surface area contributed by atoms with Crippen LogP contribution >= 0.6 is 11.6 Å². The van der Waals surface area contributed by atoms with Gasteiger partial charge in [-0.1, -0.05) is 17.7 Å². The monoisotopic (exact) mass is 255 g/mol. The number of ether oxygens (including phenoxy) is 1. The van der Waals surface area contributed by atoms with Gasteiger partial charge in [-0.15, -0.1) is 0 Å². The average Bonchev–Trinajstić information content (AvgIpc) is 2.78. The summed E-state index contributed by atoms with van der Waals surface area (Å²) in [6.07, 6.45) is 0.208. The molecule has 1 aliphatic rings. The zero-order valence-electron chi connectivity index (χ0n) is 9.95. The number of nitrogens with two attached hydrogens (primary N) is 1. The SMILES string of the molecule is Cc1cc(Cl)ccc1C(O)C1(CN)CCOC1. The zero-order chi connectivity index (χ0) is 12.5. The Labute approximate surface area is 107 Å². The first-order chi connectivity index (χ1) is 8.09. The Morgan fingerprint density at radius 3 is 2.88 bits per heavy atom. The van der Waals surface area contributed by atoms with E-state index in [-0.39, 0.29) is 5.41 Å². The van der Waals surface area contributed by atoms with Crippen molar-refractivity contribution in [3.8, 4) is 0 Å². The third kappa shape index (κ3) is 2.33. The molecule has 1 heterocycles. The second-order valence-electron chi connectivity index (χ2n) is 4.77. The summed E-state index contributed by atoms with van der Waals surface area (Å²) >= 11 is 5.92. The second-order valence-corrected chi connectivity index (χ2v) is 5.21. The lowest BCUT2D eigenvalue weighted by molar-refractivity contribution is 0.0187. The van der Waals surface area contributed by atoms with E-state index in [1.165, 1.54) is 0 Å². The summed E-state index contributed by atoms with van der Waals surface area (Å²) in [4.78, 5) is 0. The molecule has 4 heteroatoms. The van der Waals surface area contributed by atoms with Crippen LogP contribution in [0.3, 0.4) is 0 Å². The van der Waals surface area contributed by atoms with Gasteiger partial charge in [0.25, 0.3) is 0 Å². The number of aliphatic hydroxyl groups is 1. The van der Waals surface area contributed by atoms with Crippen molar-refractivity contribution >= 4 is 11.6 Å². The summed E-state index contributed by atoms with van der Waals surface area (Å²) in [5.74, 6) is 0. The van der Waals surface area contributed by atoms with Crippen molar-refractivity contribution in [2.24, 2.45) is 11.1 Å². The fraction of sp³-hybridized carbons (Fsp3) is 0.538. The number of aryl methyl sites for hydroxylation is 1. The quantitative estimate of drug-likeness (QED) is 0.869. The molecule has 2 atom stereocenters. The fourth-order valence-electron chi connectivity index (χ4n) is 2.39. The Morgan fingerprint density at radius 1 is 1.59 bits per heavy atom. The van der Waals surface area contributed by atoms with Crippen LogP contribution in [0.4, 0.5) is 0 Å². The Hall–Kier alpha value is -0.610. The Balaban J connectivity index is 2.32. The number of aliphatic hydroxyl groups excluding tert-OH is 1. The van der Waals surface area contributed by atoms with E-state index in [4.69, 9.17) is 22.1 Å². The first-order valence-electron chi connectivity index (χ1n) is 5.81. The topological polar surface area (TPSA) is 55.5 Å². The molecule has 0 aromatic heterocycles. The van der Waals surface area contributed by atoms with Crippen molar-refractivity contribution in [2.45, 2.75) is 19.4 Å². The fourth-order valence-corrected chi connectivity index (χ4v) is 2.61. The maximum atomic E-state index is 10.5. The standard InChI is InChI=1S/C13H18ClNO2/c1-9-6-10(14)2-3-11(9)12(16)13(7-15)4-5-17-8-13/h2-3,6,12,16H,4-5,7-8,15H2,1H3. The van der Waals surface area contributed by atoms with E-state index >= 15 is 0 Å². The van der Waals surface area contributed by atoms with E-state index < -0.39 is 6.10 Å². The summed E-state index contributed by atoms with van der Waals surface area (Å²) in [6.45, 7) is 3.56. The molecule has 0 radical (unpaired) electrons. The smallest absolute Gasteiger partial charge is 0.0883 e. The van der Waals surface area contributed by atoms with Crippen LogP contribution in [0.15, 0.2) is 18.2 Å². The first kappa shape index (κ1) is 12.8. The van der Waals surface area contributed by atoms with Crippen LogP contribution < -0.4 is 5.73 Å². The normalized spacial score (nSPS) is 26.1. The molecule has 94 valence electrons. The summed E-state index contributed by atoms with van der Waals surface area (Å²) in [6, 6.07) is 5.53. The maximum absolute atomic E-state index is 10.5. The summed E-state index contributed by atoms with van der Waals surface area (Å²) in [5, 5.41) is 11.2. The molecule has 2 unspecified atom stereocenters.